The maximum atomic E-state index is 11.6. The largest absolute Gasteiger partial charge is 0.450 e. The van der Waals surface area contributed by atoms with E-state index in [2.05, 4.69) is 15.3 Å². The minimum atomic E-state index is -0.383. The van der Waals surface area contributed by atoms with Gasteiger partial charge in [0.2, 0.25) is 0 Å². The predicted molar refractivity (Wildman–Crippen MR) is 76.2 cm³/mol. The van der Waals surface area contributed by atoms with Gasteiger partial charge in [-0.3, -0.25) is 0 Å². The Bertz CT molecular complexity index is 511. The number of benzene rings is 1. The van der Waals surface area contributed by atoms with Gasteiger partial charge in [0.25, 0.3) is 0 Å². The summed E-state index contributed by atoms with van der Waals surface area (Å²) in [7, 11) is 0. The van der Waals surface area contributed by atoms with Crippen LogP contribution in [0.1, 0.15) is 30.6 Å². The first kappa shape index (κ1) is 14.1. The van der Waals surface area contributed by atoms with Crippen LogP contribution in [-0.2, 0) is 11.2 Å². The number of rotatable bonds is 6. The number of carbonyl (C=O) groups is 1. The van der Waals surface area contributed by atoms with Crippen molar-refractivity contribution < 1.29 is 9.53 Å². The molecule has 5 nitrogen and oxygen atoms in total. The summed E-state index contributed by atoms with van der Waals surface area (Å²) in [6.07, 6.45) is 4.63. The molecule has 106 valence electrons. The fraction of sp³-hybridized carbons (Fsp3) is 0.333. The molecule has 5 heteroatoms. The van der Waals surface area contributed by atoms with E-state index < -0.39 is 0 Å². The SMILES string of the molecule is C[C@H](NC(=O)OCCCc1cnc[nH]1)c1ccccc1. The molecule has 0 aliphatic heterocycles. The molecule has 0 fully saturated rings. The van der Waals surface area contributed by atoms with Crippen molar-refractivity contribution in [1.82, 2.24) is 15.3 Å². The second kappa shape index (κ2) is 7.33. The van der Waals surface area contributed by atoms with Gasteiger partial charge in [0.05, 0.1) is 19.0 Å². The highest BCUT2D eigenvalue weighted by molar-refractivity contribution is 5.67. The number of amides is 1. The van der Waals surface area contributed by atoms with Gasteiger partial charge in [0, 0.05) is 11.9 Å². The number of imidazole rings is 1. The lowest BCUT2D eigenvalue weighted by Gasteiger charge is -2.14. The van der Waals surface area contributed by atoms with Crippen LogP contribution >= 0.6 is 0 Å². The third kappa shape index (κ3) is 4.42. The lowest BCUT2D eigenvalue weighted by molar-refractivity contribution is 0.141. The van der Waals surface area contributed by atoms with Crippen LogP contribution in [0.25, 0.3) is 0 Å². The van der Waals surface area contributed by atoms with Crippen LogP contribution in [-0.4, -0.2) is 22.7 Å². The lowest BCUT2D eigenvalue weighted by atomic mass is 10.1. The van der Waals surface area contributed by atoms with Crippen molar-refractivity contribution in [2.75, 3.05) is 6.61 Å². The Morgan fingerprint density at radius 2 is 2.20 bits per heavy atom. The van der Waals surface area contributed by atoms with Gasteiger partial charge >= 0.3 is 6.09 Å². The smallest absolute Gasteiger partial charge is 0.407 e. The normalized spacial score (nSPS) is 11.8. The zero-order chi connectivity index (χ0) is 14.2. The van der Waals surface area contributed by atoms with Crippen LogP contribution in [0.2, 0.25) is 0 Å². The minimum Gasteiger partial charge on any atom is -0.450 e. The molecule has 1 atom stereocenters. The fourth-order valence-electron chi connectivity index (χ4n) is 1.89. The summed E-state index contributed by atoms with van der Waals surface area (Å²) in [4.78, 5) is 18.6. The number of hydrogen-bond acceptors (Lipinski definition) is 3. The van der Waals surface area contributed by atoms with Gasteiger partial charge in [-0.1, -0.05) is 30.3 Å². The Morgan fingerprint density at radius 1 is 1.40 bits per heavy atom. The zero-order valence-corrected chi connectivity index (χ0v) is 11.5. The molecule has 0 saturated carbocycles. The van der Waals surface area contributed by atoms with Gasteiger partial charge in [-0.25, -0.2) is 9.78 Å². The quantitative estimate of drug-likeness (QED) is 0.795. The van der Waals surface area contributed by atoms with Gasteiger partial charge in [-0.2, -0.15) is 0 Å². The summed E-state index contributed by atoms with van der Waals surface area (Å²) in [5.74, 6) is 0. The number of alkyl carbamates (subject to hydrolysis) is 1. The van der Waals surface area contributed by atoms with Crippen molar-refractivity contribution in [2.45, 2.75) is 25.8 Å². The molecule has 20 heavy (non-hydrogen) atoms. The molecule has 0 radical (unpaired) electrons. The lowest BCUT2D eigenvalue weighted by Crippen LogP contribution is -2.27. The van der Waals surface area contributed by atoms with Crippen molar-refractivity contribution in [3.8, 4) is 0 Å². The molecule has 2 aromatic rings. The molecule has 0 bridgehead atoms. The van der Waals surface area contributed by atoms with E-state index in [0.29, 0.717) is 6.61 Å². The number of nitrogens with zero attached hydrogens (tertiary/aromatic N) is 1. The fourth-order valence-corrected chi connectivity index (χ4v) is 1.89. The van der Waals surface area contributed by atoms with Gasteiger partial charge in [0.15, 0.2) is 0 Å². The highest BCUT2D eigenvalue weighted by Crippen LogP contribution is 2.11. The molecule has 0 spiro atoms. The molecule has 1 heterocycles. The topological polar surface area (TPSA) is 67.0 Å². The van der Waals surface area contributed by atoms with Crippen LogP contribution < -0.4 is 5.32 Å². The van der Waals surface area contributed by atoms with Crippen LogP contribution in [0.4, 0.5) is 4.79 Å². The number of carbonyl (C=O) groups excluding carboxylic acids is 1. The van der Waals surface area contributed by atoms with Crippen molar-refractivity contribution in [3.05, 3.63) is 54.1 Å². The Kier molecular flexibility index (Phi) is 5.17. The standard InChI is InChI=1S/C15H19N3O2/c1-12(13-6-3-2-4-7-13)18-15(19)20-9-5-8-14-10-16-11-17-14/h2-4,6-7,10-12H,5,8-9H2,1H3,(H,16,17)(H,18,19)/t12-/m0/s1. The first-order valence-corrected chi connectivity index (χ1v) is 6.71. The van der Waals surface area contributed by atoms with E-state index in [9.17, 15) is 4.79 Å². The van der Waals surface area contributed by atoms with Gasteiger partial charge in [0.1, 0.15) is 0 Å². The Morgan fingerprint density at radius 3 is 2.90 bits per heavy atom. The number of aryl methyl sites for hydroxylation is 1. The van der Waals surface area contributed by atoms with Crippen LogP contribution in [0.15, 0.2) is 42.9 Å². The minimum absolute atomic E-state index is 0.0590. The molecule has 2 rings (SSSR count). The van der Waals surface area contributed by atoms with Gasteiger partial charge in [-0.15, -0.1) is 0 Å². The number of aromatic amines is 1. The van der Waals surface area contributed by atoms with Crippen LogP contribution in [0.5, 0.6) is 0 Å². The predicted octanol–water partition coefficient (Wildman–Crippen LogP) is 2.83. The number of hydrogen-bond donors (Lipinski definition) is 2. The van der Waals surface area contributed by atoms with Crippen molar-refractivity contribution in [3.63, 3.8) is 0 Å². The highest BCUT2D eigenvalue weighted by atomic mass is 16.5. The van der Waals surface area contributed by atoms with E-state index in [1.165, 1.54) is 0 Å². The molecular weight excluding hydrogens is 254 g/mol. The molecule has 0 saturated heterocycles. The maximum Gasteiger partial charge on any atom is 0.407 e. The summed E-state index contributed by atoms with van der Waals surface area (Å²) < 4.78 is 5.15. The van der Waals surface area contributed by atoms with E-state index in [1.54, 1.807) is 12.5 Å². The number of aromatic nitrogens is 2. The van der Waals surface area contributed by atoms with E-state index in [1.807, 2.05) is 37.3 Å². The van der Waals surface area contributed by atoms with Crippen LogP contribution in [0.3, 0.4) is 0 Å². The van der Waals surface area contributed by atoms with Crippen molar-refractivity contribution >= 4 is 6.09 Å². The molecular formula is C15H19N3O2. The molecule has 1 amide bonds. The molecule has 0 aliphatic carbocycles. The maximum absolute atomic E-state index is 11.6. The first-order chi connectivity index (χ1) is 9.75. The van der Waals surface area contributed by atoms with E-state index in [4.69, 9.17) is 4.74 Å². The third-order valence-electron chi connectivity index (χ3n) is 3.01. The summed E-state index contributed by atoms with van der Waals surface area (Å²) in [5.41, 5.74) is 2.11. The molecule has 1 aromatic heterocycles. The zero-order valence-electron chi connectivity index (χ0n) is 11.5. The van der Waals surface area contributed by atoms with Crippen LogP contribution in [0, 0.1) is 0 Å². The average molecular weight is 273 g/mol. The molecule has 1 aromatic carbocycles. The Labute approximate surface area is 118 Å². The molecule has 0 unspecified atom stereocenters. The summed E-state index contributed by atoms with van der Waals surface area (Å²) >= 11 is 0. The molecule has 0 aliphatic rings. The summed E-state index contributed by atoms with van der Waals surface area (Å²) in [5, 5.41) is 2.81. The number of nitrogens with one attached hydrogen (secondary N) is 2. The first-order valence-electron chi connectivity index (χ1n) is 6.71. The number of H-pyrrole nitrogens is 1. The van der Waals surface area contributed by atoms with E-state index >= 15 is 0 Å². The van der Waals surface area contributed by atoms with Crippen molar-refractivity contribution in [1.29, 1.82) is 0 Å². The van der Waals surface area contributed by atoms with E-state index in [0.717, 1.165) is 24.1 Å². The second-order valence-corrected chi connectivity index (χ2v) is 4.59. The summed E-state index contributed by atoms with van der Waals surface area (Å²) in [6.45, 7) is 2.33. The molecule has 2 N–H and O–H groups in total. The summed E-state index contributed by atoms with van der Waals surface area (Å²) in [6, 6.07) is 9.74. The highest BCUT2D eigenvalue weighted by Gasteiger charge is 2.09. The van der Waals surface area contributed by atoms with Crippen molar-refractivity contribution in [2.24, 2.45) is 0 Å². The number of ether oxygens (including phenoxy) is 1. The Hall–Kier alpha value is -2.30. The third-order valence-corrected chi connectivity index (χ3v) is 3.01. The van der Waals surface area contributed by atoms with E-state index in [-0.39, 0.29) is 12.1 Å². The van der Waals surface area contributed by atoms with Gasteiger partial charge < -0.3 is 15.0 Å². The average Bonchev–Trinajstić information content (AvgIpc) is 2.98. The Balaban J connectivity index is 1.65. The monoisotopic (exact) mass is 273 g/mol. The second-order valence-electron chi connectivity index (χ2n) is 4.59. The van der Waals surface area contributed by atoms with Gasteiger partial charge in [-0.05, 0) is 25.3 Å².